The van der Waals surface area contributed by atoms with Crippen molar-refractivity contribution in [1.29, 1.82) is 0 Å². The summed E-state index contributed by atoms with van der Waals surface area (Å²) >= 11 is 0. The third-order valence-corrected chi connectivity index (χ3v) is 4.05. The van der Waals surface area contributed by atoms with Crippen molar-refractivity contribution in [2.45, 2.75) is 45.4 Å². The predicted octanol–water partition coefficient (Wildman–Crippen LogP) is 4.89. The highest BCUT2D eigenvalue weighted by molar-refractivity contribution is 5.92. The minimum absolute atomic E-state index is 0.0114. The summed E-state index contributed by atoms with van der Waals surface area (Å²) < 4.78 is 0. The van der Waals surface area contributed by atoms with Crippen LogP contribution in [0.15, 0.2) is 65.8 Å². The van der Waals surface area contributed by atoms with Crippen LogP contribution in [0.5, 0.6) is 0 Å². The van der Waals surface area contributed by atoms with Crippen LogP contribution in [0.1, 0.15) is 56.6 Å². The van der Waals surface area contributed by atoms with Crippen molar-refractivity contribution in [3.63, 3.8) is 0 Å². The van der Waals surface area contributed by atoms with Crippen LogP contribution in [0, 0.1) is 0 Å². The number of unbranched alkanes of at least 4 members (excludes halogenated alkanes) is 2. The Bertz CT molecular complexity index is 611. The second-order valence-corrected chi connectivity index (χ2v) is 6.00. The van der Waals surface area contributed by atoms with E-state index in [9.17, 15) is 4.79 Å². The van der Waals surface area contributed by atoms with Crippen molar-refractivity contribution in [2.24, 2.45) is 5.10 Å². The molecule has 0 aliphatic heterocycles. The lowest BCUT2D eigenvalue weighted by Crippen LogP contribution is -2.21. The summed E-state index contributed by atoms with van der Waals surface area (Å²) in [5.41, 5.74) is 5.94. The van der Waals surface area contributed by atoms with Gasteiger partial charge in [0.15, 0.2) is 0 Å². The highest BCUT2D eigenvalue weighted by Crippen LogP contribution is 2.25. The van der Waals surface area contributed by atoms with E-state index in [4.69, 9.17) is 0 Å². The van der Waals surface area contributed by atoms with Crippen LogP contribution in [0.25, 0.3) is 0 Å². The average molecular weight is 322 g/mol. The van der Waals surface area contributed by atoms with Gasteiger partial charge in [-0.15, -0.1) is 0 Å². The molecule has 0 fully saturated rings. The average Bonchev–Trinajstić information content (AvgIpc) is 2.62. The van der Waals surface area contributed by atoms with Gasteiger partial charge in [-0.2, -0.15) is 5.10 Å². The molecule has 0 atom stereocenters. The Labute approximate surface area is 144 Å². The molecule has 0 saturated carbocycles. The Hall–Kier alpha value is -2.42. The summed E-state index contributed by atoms with van der Waals surface area (Å²) in [6, 6.07) is 20.5. The minimum atomic E-state index is -0.0114. The molecule has 24 heavy (non-hydrogen) atoms. The lowest BCUT2D eigenvalue weighted by molar-refractivity contribution is -0.121. The summed E-state index contributed by atoms with van der Waals surface area (Å²) in [4.78, 5) is 11.9. The number of carbonyl (C=O) groups is 1. The van der Waals surface area contributed by atoms with Crippen LogP contribution in [-0.4, -0.2) is 11.6 Å². The maximum absolute atomic E-state index is 11.9. The van der Waals surface area contributed by atoms with E-state index in [1.807, 2.05) is 43.3 Å². The van der Waals surface area contributed by atoms with Crippen molar-refractivity contribution in [2.75, 3.05) is 0 Å². The van der Waals surface area contributed by atoms with Crippen molar-refractivity contribution in [3.8, 4) is 0 Å². The lowest BCUT2D eigenvalue weighted by atomic mass is 9.88. The Morgan fingerprint density at radius 3 is 2.00 bits per heavy atom. The fourth-order valence-electron chi connectivity index (χ4n) is 2.77. The van der Waals surface area contributed by atoms with Gasteiger partial charge in [-0.05, 0) is 24.5 Å². The van der Waals surface area contributed by atoms with E-state index in [0.717, 1.165) is 25.0 Å². The van der Waals surface area contributed by atoms with E-state index >= 15 is 0 Å². The molecular formula is C21H26N2O. The van der Waals surface area contributed by atoms with Crippen molar-refractivity contribution in [3.05, 3.63) is 71.8 Å². The van der Waals surface area contributed by atoms with Gasteiger partial charge in [-0.25, -0.2) is 5.43 Å². The van der Waals surface area contributed by atoms with Crippen LogP contribution in [0.4, 0.5) is 0 Å². The Balaban J connectivity index is 2.15. The van der Waals surface area contributed by atoms with Gasteiger partial charge in [0, 0.05) is 18.1 Å². The predicted molar refractivity (Wildman–Crippen MR) is 100 cm³/mol. The molecule has 1 amide bonds. The van der Waals surface area contributed by atoms with Gasteiger partial charge in [0.25, 0.3) is 0 Å². The van der Waals surface area contributed by atoms with Crippen LogP contribution >= 0.6 is 0 Å². The molecule has 0 spiro atoms. The molecule has 3 heteroatoms. The Morgan fingerprint density at radius 2 is 1.50 bits per heavy atom. The number of nitrogens with one attached hydrogen (secondary N) is 1. The third kappa shape index (κ3) is 5.34. The van der Waals surface area contributed by atoms with E-state index in [1.54, 1.807) is 0 Å². The SMILES string of the molecule is CCCCCC(=O)N/N=C(\C)C(c1ccccc1)c1ccccc1. The maximum Gasteiger partial charge on any atom is 0.240 e. The normalized spacial score (nSPS) is 11.5. The minimum Gasteiger partial charge on any atom is -0.273 e. The lowest BCUT2D eigenvalue weighted by Gasteiger charge is -2.18. The molecule has 0 aliphatic carbocycles. The standard InChI is InChI=1S/C21H26N2O/c1-3-4-7-16-20(24)23-22-17(2)21(18-12-8-5-9-13-18)19-14-10-6-11-15-19/h5-6,8-15,21H,3-4,7,16H2,1-2H3,(H,23,24)/b22-17+. The smallest absolute Gasteiger partial charge is 0.240 e. The molecule has 1 N–H and O–H groups in total. The number of benzene rings is 2. The first-order chi connectivity index (χ1) is 11.7. The van der Waals surface area contributed by atoms with Gasteiger partial charge in [-0.1, -0.05) is 80.4 Å². The second-order valence-electron chi connectivity index (χ2n) is 6.00. The molecule has 3 nitrogen and oxygen atoms in total. The molecule has 2 aromatic rings. The van der Waals surface area contributed by atoms with E-state index in [-0.39, 0.29) is 11.8 Å². The molecule has 0 unspecified atom stereocenters. The molecular weight excluding hydrogens is 296 g/mol. The summed E-state index contributed by atoms with van der Waals surface area (Å²) in [7, 11) is 0. The topological polar surface area (TPSA) is 41.5 Å². The summed E-state index contributed by atoms with van der Waals surface area (Å²) in [6.45, 7) is 4.10. The van der Waals surface area contributed by atoms with Crippen LogP contribution in [-0.2, 0) is 4.79 Å². The summed E-state index contributed by atoms with van der Waals surface area (Å²) in [5, 5.41) is 4.37. The first kappa shape index (κ1) is 17.9. The van der Waals surface area contributed by atoms with E-state index < -0.39 is 0 Å². The number of hydrogen-bond acceptors (Lipinski definition) is 2. The van der Waals surface area contributed by atoms with Gasteiger partial charge in [0.05, 0.1) is 0 Å². The number of hydrazone groups is 1. The highest BCUT2D eigenvalue weighted by atomic mass is 16.2. The summed E-state index contributed by atoms with van der Waals surface area (Å²) in [5.74, 6) is 0.0333. The van der Waals surface area contributed by atoms with Gasteiger partial charge in [-0.3, -0.25) is 4.79 Å². The van der Waals surface area contributed by atoms with Crippen molar-refractivity contribution < 1.29 is 4.79 Å². The van der Waals surface area contributed by atoms with Gasteiger partial charge < -0.3 is 0 Å². The molecule has 0 aliphatic rings. The number of rotatable bonds is 8. The molecule has 0 radical (unpaired) electrons. The van der Waals surface area contributed by atoms with E-state index in [1.165, 1.54) is 11.1 Å². The zero-order chi connectivity index (χ0) is 17.2. The zero-order valence-corrected chi connectivity index (χ0v) is 14.5. The van der Waals surface area contributed by atoms with Crippen molar-refractivity contribution >= 4 is 11.6 Å². The third-order valence-electron chi connectivity index (χ3n) is 4.05. The quantitative estimate of drug-likeness (QED) is 0.419. The number of nitrogens with zero attached hydrogens (tertiary/aromatic N) is 1. The van der Waals surface area contributed by atoms with Crippen LogP contribution in [0.3, 0.4) is 0 Å². The van der Waals surface area contributed by atoms with Gasteiger partial charge in [0.2, 0.25) is 5.91 Å². The first-order valence-corrected chi connectivity index (χ1v) is 8.65. The van der Waals surface area contributed by atoms with E-state index in [2.05, 4.69) is 41.7 Å². The molecule has 2 rings (SSSR count). The monoisotopic (exact) mass is 322 g/mol. The number of hydrogen-bond donors (Lipinski definition) is 1. The van der Waals surface area contributed by atoms with Crippen LogP contribution in [0.2, 0.25) is 0 Å². The first-order valence-electron chi connectivity index (χ1n) is 8.65. The molecule has 0 heterocycles. The van der Waals surface area contributed by atoms with Crippen molar-refractivity contribution in [1.82, 2.24) is 5.43 Å². The largest absolute Gasteiger partial charge is 0.273 e. The molecule has 2 aromatic carbocycles. The highest BCUT2D eigenvalue weighted by Gasteiger charge is 2.17. The molecule has 0 saturated heterocycles. The maximum atomic E-state index is 11.9. The number of carbonyl (C=O) groups excluding carboxylic acids is 1. The molecule has 126 valence electrons. The second kappa shape index (κ2) is 9.66. The van der Waals surface area contributed by atoms with Gasteiger partial charge >= 0.3 is 0 Å². The Kier molecular flexibility index (Phi) is 7.21. The zero-order valence-electron chi connectivity index (χ0n) is 14.5. The van der Waals surface area contributed by atoms with Gasteiger partial charge in [0.1, 0.15) is 0 Å². The van der Waals surface area contributed by atoms with Crippen LogP contribution < -0.4 is 5.43 Å². The number of amides is 1. The molecule has 0 bridgehead atoms. The van der Waals surface area contributed by atoms with E-state index in [0.29, 0.717) is 6.42 Å². The fraction of sp³-hybridized carbons (Fsp3) is 0.333. The Morgan fingerprint density at radius 1 is 0.958 bits per heavy atom. The summed E-state index contributed by atoms with van der Waals surface area (Å²) in [6.07, 6.45) is 3.64. The fourth-order valence-corrected chi connectivity index (χ4v) is 2.77. The molecule has 0 aromatic heterocycles.